The SMILES string of the molecule is CC1=NC(CCc2ccc(OCCCc3ccccc3F)c(C(F)(F)F)c2)(COP(=O)(C(C)(C)C)C(C)(C)C)CO1. The molecule has 228 valence electrons. The van der Waals surface area contributed by atoms with Crippen LogP contribution < -0.4 is 4.74 Å². The fourth-order valence-electron chi connectivity index (χ4n) is 5.12. The quantitative estimate of drug-likeness (QED) is 0.147. The average molecular weight is 600 g/mol. The maximum atomic E-state index is 14.0. The summed E-state index contributed by atoms with van der Waals surface area (Å²) in [6, 6.07) is 10.3. The minimum absolute atomic E-state index is 0.0180. The third-order valence-corrected chi connectivity index (χ3v) is 11.3. The number of aliphatic imine (C=N–C) groups is 1. The van der Waals surface area contributed by atoms with Crippen molar-refractivity contribution in [3.8, 4) is 5.75 Å². The monoisotopic (exact) mass is 599 g/mol. The summed E-state index contributed by atoms with van der Waals surface area (Å²) in [6.07, 6.45) is -3.27. The Balaban J connectivity index is 1.73. The Hall–Kier alpha value is -2.38. The van der Waals surface area contributed by atoms with Crippen molar-refractivity contribution in [2.75, 3.05) is 19.8 Å². The lowest BCUT2D eigenvalue weighted by Gasteiger charge is -2.41. The number of alkyl halides is 3. The van der Waals surface area contributed by atoms with Gasteiger partial charge in [-0.15, -0.1) is 0 Å². The molecule has 0 spiro atoms. The van der Waals surface area contributed by atoms with Crippen LogP contribution in [0, 0.1) is 5.82 Å². The Morgan fingerprint density at radius 2 is 1.66 bits per heavy atom. The number of benzene rings is 2. The number of hydrogen-bond donors (Lipinski definition) is 0. The molecule has 1 aliphatic heterocycles. The van der Waals surface area contributed by atoms with Crippen LogP contribution in [0.5, 0.6) is 5.75 Å². The summed E-state index contributed by atoms with van der Waals surface area (Å²) in [5.74, 6) is -0.143. The standard InChI is InChI=1S/C31H42F4NO4P/c1-22-36-30(20-39-22,21-40-41(37,28(2,3)4)29(5,6)7)17-16-23-14-15-27(25(19-23)31(33,34)35)38-18-10-12-24-11-8-9-13-26(24)32/h8-9,11,13-15,19H,10,12,16-18,20-21H2,1-7H3. The molecule has 3 rings (SSSR count). The Bertz CT molecular complexity index is 1260. The minimum Gasteiger partial charge on any atom is -0.493 e. The Labute approximate surface area is 241 Å². The van der Waals surface area contributed by atoms with E-state index in [2.05, 4.69) is 4.99 Å². The molecule has 0 radical (unpaired) electrons. The van der Waals surface area contributed by atoms with E-state index in [0.29, 0.717) is 36.3 Å². The van der Waals surface area contributed by atoms with E-state index in [0.717, 1.165) is 6.07 Å². The first kappa shape index (κ1) is 33.1. The van der Waals surface area contributed by atoms with Gasteiger partial charge in [0.15, 0.2) is 5.90 Å². The van der Waals surface area contributed by atoms with Crippen LogP contribution in [0.2, 0.25) is 0 Å². The Morgan fingerprint density at radius 1 is 1.00 bits per heavy atom. The van der Waals surface area contributed by atoms with Gasteiger partial charge in [0.05, 0.1) is 18.8 Å². The molecule has 0 N–H and O–H groups in total. The molecule has 1 heterocycles. The predicted octanol–water partition coefficient (Wildman–Crippen LogP) is 8.87. The van der Waals surface area contributed by atoms with Gasteiger partial charge in [0.1, 0.15) is 23.7 Å². The van der Waals surface area contributed by atoms with Crippen LogP contribution in [-0.4, -0.2) is 41.6 Å². The molecule has 1 unspecified atom stereocenters. The first-order chi connectivity index (χ1) is 18.9. The van der Waals surface area contributed by atoms with Crippen molar-refractivity contribution < 1.29 is 36.1 Å². The number of aryl methyl sites for hydroxylation is 2. The van der Waals surface area contributed by atoms with Crippen molar-refractivity contribution in [1.29, 1.82) is 0 Å². The third kappa shape index (κ3) is 8.13. The van der Waals surface area contributed by atoms with Gasteiger partial charge in [0.25, 0.3) is 0 Å². The molecular weight excluding hydrogens is 557 g/mol. The van der Waals surface area contributed by atoms with Gasteiger partial charge in [0.2, 0.25) is 7.37 Å². The van der Waals surface area contributed by atoms with Crippen molar-refractivity contribution in [2.45, 2.75) is 96.2 Å². The molecule has 0 amide bonds. The van der Waals surface area contributed by atoms with Crippen molar-refractivity contribution in [2.24, 2.45) is 4.99 Å². The molecule has 0 saturated heterocycles. The molecule has 0 aliphatic carbocycles. The third-order valence-electron chi connectivity index (χ3n) is 7.26. The van der Waals surface area contributed by atoms with E-state index in [1.807, 2.05) is 41.5 Å². The van der Waals surface area contributed by atoms with Crippen LogP contribution in [0.3, 0.4) is 0 Å². The molecule has 2 aromatic carbocycles. The zero-order chi connectivity index (χ0) is 30.7. The van der Waals surface area contributed by atoms with Crippen LogP contribution in [0.1, 0.15) is 78.0 Å². The highest BCUT2D eigenvalue weighted by atomic mass is 31.2. The largest absolute Gasteiger partial charge is 0.493 e. The molecule has 5 nitrogen and oxygen atoms in total. The topological polar surface area (TPSA) is 57.1 Å². The lowest BCUT2D eigenvalue weighted by molar-refractivity contribution is -0.139. The zero-order valence-corrected chi connectivity index (χ0v) is 25.9. The average Bonchev–Trinajstić information content (AvgIpc) is 3.24. The molecule has 0 fully saturated rings. The van der Waals surface area contributed by atoms with Crippen molar-refractivity contribution in [3.63, 3.8) is 0 Å². The highest BCUT2D eigenvalue weighted by molar-refractivity contribution is 7.62. The van der Waals surface area contributed by atoms with Crippen molar-refractivity contribution >= 4 is 13.3 Å². The molecular formula is C31H42F4NO4P. The number of ether oxygens (including phenoxy) is 2. The summed E-state index contributed by atoms with van der Waals surface area (Å²) in [5, 5.41) is -1.23. The summed E-state index contributed by atoms with van der Waals surface area (Å²) < 4.78 is 87.1. The van der Waals surface area contributed by atoms with Gasteiger partial charge in [0, 0.05) is 17.2 Å². The fraction of sp³-hybridized carbons (Fsp3) is 0.581. The summed E-state index contributed by atoms with van der Waals surface area (Å²) in [4.78, 5) is 4.65. The van der Waals surface area contributed by atoms with Gasteiger partial charge in [-0.25, -0.2) is 9.38 Å². The lowest BCUT2D eigenvalue weighted by atomic mass is 9.93. The van der Waals surface area contributed by atoms with Crippen molar-refractivity contribution in [3.05, 3.63) is 65.0 Å². The number of nitrogens with zero attached hydrogens (tertiary/aromatic N) is 1. The van der Waals surface area contributed by atoms with Crippen LogP contribution in [-0.2, 0) is 32.8 Å². The van der Waals surface area contributed by atoms with E-state index in [-0.39, 0.29) is 37.8 Å². The van der Waals surface area contributed by atoms with E-state index in [1.165, 1.54) is 12.1 Å². The second-order valence-electron chi connectivity index (χ2n) is 12.7. The second-order valence-corrected chi connectivity index (χ2v) is 16.7. The maximum Gasteiger partial charge on any atom is 0.419 e. The van der Waals surface area contributed by atoms with E-state index in [1.54, 1.807) is 31.2 Å². The van der Waals surface area contributed by atoms with Gasteiger partial charge < -0.3 is 14.0 Å². The second kappa shape index (κ2) is 12.5. The summed E-state index contributed by atoms with van der Waals surface area (Å²) in [6.45, 7) is 13.3. The Morgan fingerprint density at radius 3 is 2.22 bits per heavy atom. The first-order valence-electron chi connectivity index (χ1n) is 13.9. The van der Waals surface area contributed by atoms with Gasteiger partial charge >= 0.3 is 6.18 Å². The smallest absolute Gasteiger partial charge is 0.419 e. The maximum absolute atomic E-state index is 14.0. The van der Waals surface area contributed by atoms with E-state index in [4.69, 9.17) is 14.0 Å². The summed E-state index contributed by atoms with van der Waals surface area (Å²) in [5.41, 5.74) is -0.768. The molecule has 41 heavy (non-hydrogen) atoms. The highest BCUT2D eigenvalue weighted by Gasteiger charge is 2.50. The molecule has 1 aliphatic rings. The van der Waals surface area contributed by atoms with Crippen LogP contribution in [0.4, 0.5) is 17.6 Å². The molecule has 0 saturated carbocycles. The number of rotatable bonds is 11. The predicted molar refractivity (Wildman–Crippen MR) is 155 cm³/mol. The van der Waals surface area contributed by atoms with E-state index < -0.39 is 35.0 Å². The van der Waals surface area contributed by atoms with Gasteiger partial charge in [-0.1, -0.05) is 65.8 Å². The molecule has 2 aromatic rings. The number of hydrogen-bond acceptors (Lipinski definition) is 5. The Kier molecular flexibility index (Phi) is 10.1. The highest BCUT2D eigenvalue weighted by Crippen LogP contribution is 2.67. The summed E-state index contributed by atoms with van der Waals surface area (Å²) >= 11 is 0. The van der Waals surface area contributed by atoms with Gasteiger partial charge in [-0.3, -0.25) is 4.57 Å². The number of halogens is 4. The zero-order valence-electron chi connectivity index (χ0n) is 25.0. The van der Waals surface area contributed by atoms with Gasteiger partial charge in [-0.2, -0.15) is 13.2 Å². The molecule has 1 atom stereocenters. The fourth-order valence-corrected chi connectivity index (χ4v) is 8.33. The van der Waals surface area contributed by atoms with Crippen molar-refractivity contribution in [1.82, 2.24) is 0 Å². The van der Waals surface area contributed by atoms with Gasteiger partial charge in [-0.05, 0) is 55.0 Å². The molecule has 0 aromatic heterocycles. The van der Waals surface area contributed by atoms with E-state index >= 15 is 0 Å². The van der Waals surface area contributed by atoms with E-state index in [9.17, 15) is 22.1 Å². The van der Waals surface area contributed by atoms with Crippen LogP contribution in [0.15, 0.2) is 47.5 Å². The lowest BCUT2D eigenvalue weighted by Crippen LogP contribution is -2.38. The summed E-state index contributed by atoms with van der Waals surface area (Å²) in [7, 11) is -3.18. The minimum atomic E-state index is -4.62. The normalized spacial score (nSPS) is 18.3. The van der Waals surface area contributed by atoms with Crippen LogP contribution >= 0.6 is 7.37 Å². The molecule has 10 heteroatoms. The first-order valence-corrected chi connectivity index (χ1v) is 15.5. The molecule has 0 bridgehead atoms. The van der Waals surface area contributed by atoms with Crippen LogP contribution in [0.25, 0.3) is 0 Å².